The van der Waals surface area contributed by atoms with Crippen LogP contribution in [0.5, 0.6) is 0 Å². The molecule has 2 heterocycles. The van der Waals surface area contributed by atoms with E-state index in [-0.39, 0.29) is 5.92 Å². The van der Waals surface area contributed by atoms with E-state index < -0.39 is 0 Å². The molecular weight excluding hydrogens is 276 g/mol. The molecule has 0 aromatic heterocycles. The summed E-state index contributed by atoms with van der Waals surface area (Å²) in [6.45, 7) is 4.22. The van der Waals surface area contributed by atoms with E-state index in [0.717, 1.165) is 71.1 Å². The number of carbonyl (C=O) groups is 1. The SMILES string of the molecule is COC1CCN(C2CCN(C(=O)C3CC=CCC3)CC2)CC1. The van der Waals surface area contributed by atoms with Gasteiger partial charge in [0.1, 0.15) is 0 Å². The fourth-order valence-electron chi connectivity index (χ4n) is 4.20. The molecule has 22 heavy (non-hydrogen) atoms. The number of hydrogen-bond acceptors (Lipinski definition) is 3. The van der Waals surface area contributed by atoms with Crippen LogP contribution in [0.3, 0.4) is 0 Å². The maximum absolute atomic E-state index is 12.6. The number of carbonyl (C=O) groups excluding carboxylic acids is 1. The van der Waals surface area contributed by atoms with Crippen LogP contribution in [0.1, 0.15) is 44.9 Å². The highest BCUT2D eigenvalue weighted by atomic mass is 16.5. The van der Waals surface area contributed by atoms with E-state index in [0.29, 0.717) is 18.1 Å². The predicted molar refractivity (Wildman–Crippen MR) is 87.7 cm³/mol. The molecule has 0 bridgehead atoms. The third-order valence-electron chi connectivity index (χ3n) is 5.72. The normalized spacial score (nSPS) is 29.0. The minimum Gasteiger partial charge on any atom is -0.381 e. The molecule has 1 aliphatic carbocycles. The Hall–Kier alpha value is -0.870. The van der Waals surface area contributed by atoms with Crippen molar-refractivity contribution >= 4 is 5.91 Å². The minimum absolute atomic E-state index is 0.249. The zero-order valence-electron chi connectivity index (χ0n) is 13.9. The van der Waals surface area contributed by atoms with Crippen molar-refractivity contribution in [3.05, 3.63) is 12.2 Å². The lowest BCUT2D eigenvalue weighted by Gasteiger charge is -2.42. The highest BCUT2D eigenvalue weighted by Gasteiger charge is 2.31. The smallest absolute Gasteiger partial charge is 0.226 e. The monoisotopic (exact) mass is 306 g/mol. The summed E-state index contributed by atoms with van der Waals surface area (Å²) in [6.07, 6.45) is 12.5. The lowest BCUT2D eigenvalue weighted by Crippen LogP contribution is -2.50. The van der Waals surface area contributed by atoms with E-state index in [1.54, 1.807) is 0 Å². The van der Waals surface area contributed by atoms with Gasteiger partial charge in [-0.2, -0.15) is 0 Å². The molecule has 124 valence electrons. The number of piperidine rings is 2. The van der Waals surface area contributed by atoms with E-state index in [9.17, 15) is 4.79 Å². The van der Waals surface area contributed by atoms with Crippen molar-refractivity contribution in [3.8, 4) is 0 Å². The van der Waals surface area contributed by atoms with E-state index in [1.165, 1.54) is 0 Å². The first-order valence-electron chi connectivity index (χ1n) is 8.98. The molecule has 0 spiro atoms. The lowest BCUT2D eigenvalue weighted by atomic mass is 9.91. The van der Waals surface area contributed by atoms with Crippen molar-refractivity contribution in [2.45, 2.75) is 57.1 Å². The van der Waals surface area contributed by atoms with Gasteiger partial charge in [-0.05, 0) is 44.9 Å². The van der Waals surface area contributed by atoms with Crippen molar-refractivity contribution in [3.63, 3.8) is 0 Å². The summed E-state index contributed by atoms with van der Waals surface area (Å²) in [6, 6.07) is 0.674. The molecule has 2 saturated heterocycles. The highest BCUT2D eigenvalue weighted by Crippen LogP contribution is 2.25. The molecule has 2 aliphatic heterocycles. The summed E-state index contributed by atoms with van der Waals surface area (Å²) in [4.78, 5) is 17.3. The molecule has 4 nitrogen and oxygen atoms in total. The van der Waals surface area contributed by atoms with Crippen LogP contribution in [-0.4, -0.2) is 61.1 Å². The van der Waals surface area contributed by atoms with Gasteiger partial charge in [0.2, 0.25) is 5.91 Å². The summed E-state index contributed by atoms with van der Waals surface area (Å²) < 4.78 is 5.46. The molecule has 2 fully saturated rings. The Bertz CT molecular complexity index is 394. The third kappa shape index (κ3) is 3.72. The minimum atomic E-state index is 0.249. The standard InChI is InChI=1S/C18H30N2O2/c1-22-17-9-13-19(14-10-17)16-7-11-20(12-8-16)18(21)15-5-3-2-4-6-15/h2-3,15-17H,4-14H2,1H3. The molecule has 0 aromatic rings. The number of allylic oxidation sites excluding steroid dienone is 2. The van der Waals surface area contributed by atoms with Crippen molar-refractivity contribution in [2.24, 2.45) is 5.92 Å². The van der Waals surface area contributed by atoms with Crippen LogP contribution in [0.15, 0.2) is 12.2 Å². The van der Waals surface area contributed by atoms with E-state index in [4.69, 9.17) is 4.74 Å². The van der Waals surface area contributed by atoms with Crippen LogP contribution in [0.25, 0.3) is 0 Å². The second kappa shape index (κ2) is 7.60. The van der Waals surface area contributed by atoms with Crippen LogP contribution in [0, 0.1) is 5.92 Å². The Labute approximate surface area is 134 Å². The zero-order chi connectivity index (χ0) is 15.4. The van der Waals surface area contributed by atoms with Crippen molar-refractivity contribution in [1.29, 1.82) is 0 Å². The van der Waals surface area contributed by atoms with Gasteiger partial charge in [0.15, 0.2) is 0 Å². The molecule has 1 atom stereocenters. The van der Waals surface area contributed by atoms with Gasteiger partial charge in [-0.3, -0.25) is 4.79 Å². The van der Waals surface area contributed by atoms with E-state index in [1.807, 2.05) is 7.11 Å². The fourth-order valence-corrected chi connectivity index (χ4v) is 4.20. The van der Waals surface area contributed by atoms with Gasteiger partial charge in [0.25, 0.3) is 0 Å². The lowest BCUT2D eigenvalue weighted by molar-refractivity contribution is -0.137. The van der Waals surface area contributed by atoms with Gasteiger partial charge >= 0.3 is 0 Å². The Morgan fingerprint density at radius 1 is 1.00 bits per heavy atom. The Morgan fingerprint density at radius 2 is 1.73 bits per heavy atom. The fraction of sp³-hybridized carbons (Fsp3) is 0.833. The highest BCUT2D eigenvalue weighted by molar-refractivity contribution is 5.79. The summed E-state index contributed by atoms with van der Waals surface area (Å²) in [5.74, 6) is 0.653. The first kappa shape index (κ1) is 16.0. The van der Waals surface area contributed by atoms with Crippen LogP contribution in [0.4, 0.5) is 0 Å². The van der Waals surface area contributed by atoms with E-state index >= 15 is 0 Å². The molecule has 0 radical (unpaired) electrons. The van der Waals surface area contributed by atoms with Gasteiger partial charge < -0.3 is 14.5 Å². The molecule has 4 heteroatoms. The van der Waals surface area contributed by atoms with Crippen LogP contribution in [0.2, 0.25) is 0 Å². The molecule has 1 amide bonds. The average molecular weight is 306 g/mol. The molecular formula is C18H30N2O2. The molecule has 1 unspecified atom stereocenters. The zero-order valence-corrected chi connectivity index (χ0v) is 13.9. The molecule has 0 aromatic carbocycles. The maximum atomic E-state index is 12.6. The van der Waals surface area contributed by atoms with Crippen LogP contribution < -0.4 is 0 Å². The molecule has 0 N–H and O–H groups in total. The van der Waals surface area contributed by atoms with Crippen LogP contribution >= 0.6 is 0 Å². The van der Waals surface area contributed by atoms with Crippen LogP contribution in [-0.2, 0) is 9.53 Å². The first-order chi connectivity index (χ1) is 10.8. The number of ether oxygens (including phenoxy) is 1. The van der Waals surface area contributed by atoms with Gasteiger partial charge in [0, 0.05) is 45.2 Å². The van der Waals surface area contributed by atoms with Gasteiger partial charge in [-0.1, -0.05) is 12.2 Å². The second-order valence-electron chi connectivity index (χ2n) is 7.01. The number of rotatable bonds is 3. The predicted octanol–water partition coefficient (Wildman–Crippen LogP) is 2.44. The summed E-state index contributed by atoms with van der Waals surface area (Å²) in [7, 11) is 1.82. The number of hydrogen-bond donors (Lipinski definition) is 0. The number of amides is 1. The molecule has 0 saturated carbocycles. The summed E-state index contributed by atoms with van der Waals surface area (Å²) in [5, 5.41) is 0. The number of nitrogens with zero attached hydrogens (tertiary/aromatic N) is 2. The van der Waals surface area contributed by atoms with Gasteiger partial charge in [0.05, 0.1) is 6.10 Å². The summed E-state index contributed by atoms with van der Waals surface area (Å²) in [5.41, 5.74) is 0. The average Bonchev–Trinajstić information content (AvgIpc) is 2.62. The van der Waals surface area contributed by atoms with Gasteiger partial charge in [-0.15, -0.1) is 0 Å². The first-order valence-corrected chi connectivity index (χ1v) is 8.98. The van der Waals surface area contributed by atoms with Crippen molar-refractivity contribution in [2.75, 3.05) is 33.3 Å². The number of methoxy groups -OCH3 is 1. The quantitative estimate of drug-likeness (QED) is 0.751. The van der Waals surface area contributed by atoms with E-state index in [2.05, 4.69) is 22.0 Å². The Morgan fingerprint density at radius 3 is 2.32 bits per heavy atom. The summed E-state index contributed by atoms with van der Waals surface area (Å²) >= 11 is 0. The maximum Gasteiger partial charge on any atom is 0.226 e. The van der Waals surface area contributed by atoms with Gasteiger partial charge in [-0.25, -0.2) is 0 Å². The Balaban J connectivity index is 1.44. The second-order valence-corrected chi connectivity index (χ2v) is 7.01. The molecule has 3 aliphatic rings. The largest absolute Gasteiger partial charge is 0.381 e. The Kier molecular flexibility index (Phi) is 5.53. The number of likely N-dealkylation sites (tertiary alicyclic amines) is 2. The third-order valence-corrected chi connectivity index (χ3v) is 5.72. The molecule has 3 rings (SSSR count). The van der Waals surface area contributed by atoms with Crippen molar-refractivity contribution in [1.82, 2.24) is 9.80 Å². The van der Waals surface area contributed by atoms with Crippen molar-refractivity contribution < 1.29 is 9.53 Å². The topological polar surface area (TPSA) is 32.8 Å².